The van der Waals surface area contributed by atoms with Crippen molar-refractivity contribution in [3.63, 3.8) is 0 Å². The van der Waals surface area contributed by atoms with Crippen molar-refractivity contribution in [3.8, 4) is 6.07 Å². The fraction of sp³-hybridized carbons (Fsp3) is 0.0667. The summed E-state index contributed by atoms with van der Waals surface area (Å²) in [5.74, 6) is -1.30. The molecule has 2 aromatic carbocycles. The minimum atomic E-state index is -0.941. The number of carbonyl (C=O) groups excluding carboxylic acids is 1. The Balaban J connectivity index is 2.42. The van der Waals surface area contributed by atoms with Crippen LogP contribution in [0, 0.1) is 11.3 Å². The number of ketones is 1. The highest BCUT2D eigenvalue weighted by Crippen LogP contribution is 2.26. The Bertz CT molecular complexity index is 686. The lowest BCUT2D eigenvalue weighted by molar-refractivity contribution is 0.0979. The van der Waals surface area contributed by atoms with Gasteiger partial charge >= 0.3 is 0 Å². The van der Waals surface area contributed by atoms with Gasteiger partial charge in [0.2, 0.25) is 0 Å². The first-order chi connectivity index (χ1) is 9.51. The molecule has 100 valence electrons. The number of carbonyl (C=O) groups is 1. The molecule has 20 heavy (non-hydrogen) atoms. The van der Waals surface area contributed by atoms with E-state index in [1.54, 1.807) is 24.3 Å². The summed E-state index contributed by atoms with van der Waals surface area (Å²) in [5, 5.41) is 10.4. The van der Waals surface area contributed by atoms with Gasteiger partial charge in [0.15, 0.2) is 5.78 Å². The van der Waals surface area contributed by atoms with Crippen molar-refractivity contribution in [1.29, 1.82) is 5.26 Å². The number of hydrogen-bond donors (Lipinski definition) is 0. The van der Waals surface area contributed by atoms with Crippen LogP contribution in [0.15, 0.2) is 42.5 Å². The molecular weight excluding hydrogens is 317 g/mol. The van der Waals surface area contributed by atoms with Crippen LogP contribution < -0.4 is 0 Å². The molecule has 1 unspecified atom stereocenters. The first kappa shape index (κ1) is 14.9. The number of benzene rings is 2. The summed E-state index contributed by atoms with van der Waals surface area (Å²) >= 11 is 17.6. The van der Waals surface area contributed by atoms with Gasteiger partial charge in [-0.3, -0.25) is 4.79 Å². The molecule has 2 rings (SSSR count). The molecule has 0 fully saturated rings. The zero-order valence-corrected chi connectivity index (χ0v) is 12.4. The summed E-state index contributed by atoms with van der Waals surface area (Å²) in [6.45, 7) is 0. The minimum Gasteiger partial charge on any atom is -0.292 e. The van der Waals surface area contributed by atoms with Crippen LogP contribution in [0.25, 0.3) is 0 Å². The van der Waals surface area contributed by atoms with Gasteiger partial charge in [-0.25, -0.2) is 0 Å². The van der Waals surface area contributed by atoms with Crippen molar-refractivity contribution < 1.29 is 4.79 Å². The number of Topliss-reactive ketones (excluding diaryl/α,β-unsaturated/α-hetero) is 1. The molecule has 0 bridgehead atoms. The van der Waals surface area contributed by atoms with Gasteiger partial charge in [-0.1, -0.05) is 46.9 Å². The van der Waals surface area contributed by atoms with Crippen LogP contribution in [0.2, 0.25) is 15.1 Å². The monoisotopic (exact) mass is 323 g/mol. The molecule has 2 aromatic rings. The van der Waals surface area contributed by atoms with E-state index in [0.29, 0.717) is 26.2 Å². The number of hydrogen-bond acceptors (Lipinski definition) is 2. The third-order valence-corrected chi connectivity index (χ3v) is 3.39. The summed E-state index contributed by atoms with van der Waals surface area (Å²) < 4.78 is 0. The standard InChI is InChI=1S/C15H8Cl3NO/c16-11-3-1-2-9(4-11)14(8-19)15(20)10-5-12(17)7-13(18)6-10/h1-7,14H. The largest absolute Gasteiger partial charge is 0.292 e. The van der Waals surface area contributed by atoms with Crippen molar-refractivity contribution in [1.82, 2.24) is 0 Å². The van der Waals surface area contributed by atoms with Crippen LogP contribution >= 0.6 is 34.8 Å². The molecule has 0 heterocycles. The highest BCUT2D eigenvalue weighted by Gasteiger charge is 2.22. The van der Waals surface area contributed by atoms with Gasteiger partial charge < -0.3 is 0 Å². The Labute approximate surface area is 131 Å². The van der Waals surface area contributed by atoms with Gasteiger partial charge in [0.05, 0.1) is 6.07 Å². The molecule has 0 saturated heterocycles. The zero-order valence-electron chi connectivity index (χ0n) is 10.1. The predicted octanol–water partition coefficient (Wildman–Crippen LogP) is 5.14. The molecule has 1 atom stereocenters. The molecular formula is C15H8Cl3NO. The molecule has 0 saturated carbocycles. The van der Waals surface area contributed by atoms with Gasteiger partial charge in [-0.2, -0.15) is 5.26 Å². The lowest BCUT2D eigenvalue weighted by Gasteiger charge is -2.09. The molecule has 0 amide bonds. The van der Waals surface area contributed by atoms with Gasteiger partial charge in [-0.05, 0) is 35.9 Å². The second-order valence-corrected chi connectivity index (χ2v) is 5.45. The van der Waals surface area contributed by atoms with Crippen LogP contribution in [0.1, 0.15) is 21.8 Å². The van der Waals surface area contributed by atoms with Crippen LogP contribution in [-0.2, 0) is 0 Å². The normalized spacial score (nSPS) is 11.7. The molecule has 0 aliphatic heterocycles. The van der Waals surface area contributed by atoms with Gasteiger partial charge in [0.25, 0.3) is 0 Å². The molecule has 0 aliphatic carbocycles. The van der Waals surface area contributed by atoms with Gasteiger partial charge in [-0.15, -0.1) is 0 Å². The molecule has 0 aromatic heterocycles. The quantitative estimate of drug-likeness (QED) is 0.734. The number of nitrogens with zero attached hydrogens (tertiary/aromatic N) is 1. The highest BCUT2D eigenvalue weighted by molar-refractivity contribution is 6.35. The van der Waals surface area contributed by atoms with E-state index >= 15 is 0 Å². The second kappa shape index (κ2) is 6.28. The van der Waals surface area contributed by atoms with E-state index in [0.717, 1.165) is 0 Å². The minimum absolute atomic E-state index is 0.300. The van der Waals surface area contributed by atoms with E-state index in [4.69, 9.17) is 34.8 Å². The molecule has 0 aliphatic rings. The Hall–Kier alpha value is -1.53. The van der Waals surface area contributed by atoms with Crippen molar-refractivity contribution in [2.75, 3.05) is 0 Å². The molecule has 2 nitrogen and oxygen atoms in total. The van der Waals surface area contributed by atoms with E-state index in [1.165, 1.54) is 18.2 Å². The van der Waals surface area contributed by atoms with Gasteiger partial charge in [0, 0.05) is 20.6 Å². The van der Waals surface area contributed by atoms with Crippen LogP contribution in [0.3, 0.4) is 0 Å². The van der Waals surface area contributed by atoms with E-state index in [2.05, 4.69) is 0 Å². The maximum absolute atomic E-state index is 12.4. The van der Waals surface area contributed by atoms with Crippen molar-refractivity contribution in [2.24, 2.45) is 0 Å². The molecule has 0 N–H and O–H groups in total. The fourth-order valence-corrected chi connectivity index (χ4v) is 2.56. The zero-order chi connectivity index (χ0) is 14.7. The van der Waals surface area contributed by atoms with Crippen LogP contribution in [0.5, 0.6) is 0 Å². The topological polar surface area (TPSA) is 40.9 Å². The first-order valence-electron chi connectivity index (χ1n) is 5.66. The average molecular weight is 325 g/mol. The number of nitriles is 1. The lowest BCUT2D eigenvalue weighted by atomic mass is 9.92. The van der Waals surface area contributed by atoms with Gasteiger partial charge in [0.1, 0.15) is 5.92 Å². The summed E-state index contributed by atoms with van der Waals surface area (Å²) in [4.78, 5) is 12.4. The second-order valence-electron chi connectivity index (χ2n) is 4.14. The smallest absolute Gasteiger partial charge is 0.184 e. The Morgan fingerprint density at radius 1 is 1.00 bits per heavy atom. The summed E-state index contributed by atoms with van der Waals surface area (Å²) in [5.41, 5.74) is 0.843. The number of rotatable bonds is 3. The van der Waals surface area contributed by atoms with Crippen molar-refractivity contribution in [3.05, 3.63) is 68.7 Å². The third-order valence-electron chi connectivity index (χ3n) is 2.72. The Morgan fingerprint density at radius 3 is 2.20 bits per heavy atom. The predicted molar refractivity (Wildman–Crippen MR) is 80.6 cm³/mol. The fourth-order valence-electron chi connectivity index (χ4n) is 1.83. The average Bonchev–Trinajstić information content (AvgIpc) is 2.38. The van der Waals surface area contributed by atoms with E-state index in [9.17, 15) is 10.1 Å². The van der Waals surface area contributed by atoms with Crippen molar-refractivity contribution >= 4 is 40.6 Å². The van der Waals surface area contributed by atoms with E-state index < -0.39 is 5.92 Å². The SMILES string of the molecule is N#CC(C(=O)c1cc(Cl)cc(Cl)c1)c1cccc(Cl)c1. The summed E-state index contributed by atoms with van der Waals surface area (Å²) in [7, 11) is 0. The molecule has 0 spiro atoms. The van der Waals surface area contributed by atoms with Crippen LogP contribution in [0.4, 0.5) is 0 Å². The third kappa shape index (κ3) is 3.32. The summed E-state index contributed by atoms with van der Waals surface area (Å²) in [6, 6.07) is 13.2. The highest BCUT2D eigenvalue weighted by atomic mass is 35.5. The first-order valence-corrected chi connectivity index (χ1v) is 6.80. The maximum Gasteiger partial charge on any atom is 0.184 e. The number of halogens is 3. The Kier molecular flexibility index (Phi) is 4.67. The molecule has 0 radical (unpaired) electrons. The van der Waals surface area contributed by atoms with Crippen LogP contribution in [-0.4, -0.2) is 5.78 Å². The lowest BCUT2D eigenvalue weighted by Crippen LogP contribution is -2.11. The van der Waals surface area contributed by atoms with E-state index in [-0.39, 0.29) is 5.78 Å². The molecule has 5 heteroatoms. The van der Waals surface area contributed by atoms with Crippen molar-refractivity contribution in [2.45, 2.75) is 5.92 Å². The van der Waals surface area contributed by atoms with E-state index in [1.807, 2.05) is 6.07 Å². The summed E-state index contributed by atoms with van der Waals surface area (Å²) in [6.07, 6.45) is 0. The Morgan fingerprint density at radius 2 is 1.65 bits per heavy atom. The maximum atomic E-state index is 12.4.